The molecule has 0 saturated carbocycles. The maximum absolute atomic E-state index is 12.8. The summed E-state index contributed by atoms with van der Waals surface area (Å²) >= 11 is 0. The van der Waals surface area contributed by atoms with Crippen LogP contribution in [0.15, 0.2) is 48.5 Å². The van der Waals surface area contributed by atoms with Gasteiger partial charge in [0, 0.05) is 41.0 Å². The molecule has 0 atom stereocenters. The first-order valence-electron chi connectivity index (χ1n) is 9.55. The molecule has 182 valence electrons. The van der Waals surface area contributed by atoms with E-state index in [0.717, 1.165) is 0 Å². The van der Waals surface area contributed by atoms with Crippen molar-refractivity contribution in [3.8, 4) is 11.5 Å². The van der Waals surface area contributed by atoms with Gasteiger partial charge in [0.25, 0.3) is 11.5 Å². The Labute approximate surface area is 197 Å². The highest BCUT2D eigenvalue weighted by Crippen LogP contribution is 2.52. The summed E-state index contributed by atoms with van der Waals surface area (Å²) in [5, 5.41) is 66.3. The van der Waals surface area contributed by atoms with E-state index >= 15 is 0 Å². The third kappa shape index (κ3) is 3.28. The van der Waals surface area contributed by atoms with E-state index in [9.17, 15) is 55.5 Å². The van der Waals surface area contributed by atoms with E-state index in [-0.39, 0.29) is 11.1 Å². The predicted molar refractivity (Wildman–Crippen MR) is 115 cm³/mol. The normalized spacial score (nSPS) is 13.5. The molecule has 4 rings (SSSR count). The van der Waals surface area contributed by atoms with E-state index in [2.05, 4.69) is 0 Å². The number of carbonyl (C=O) groups is 1. The van der Waals surface area contributed by atoms with Crippen molar-refractivity contribution in [3.63, 3.8) is 0 Å². The molecule has 36 heavy (non-hydrogen) atoms. The molecule has 0 amide bonds. The Hall–Kier alpha value is -5.67. The number of hydrogen-bond donors (Lipinski definition) is 2. The fraction of sp³-hybridized carbons (Fsp3) is 0.0500. The number of nitro benzene ring substituents is 4. The Morgan fingerprint density at radius 1 is 0.667 bits per heavy atom. The Kier molecular flexibility index (Phi) is 5.20. The standard InChI is InChI=1S/C20H10N4O12/c25-17-13(21(28)29)5-9(6-14(17)22(30)31)20(12-4-2-1-3-11(12)19(27)36-20)10-7-15(23(32)33)18(26)16(8-10)24(34)35/h1-8,25-26H. The van der Waals surface area contributed by atoms with Crippen LogP contribution in [0.25, 0.3) is 0 Å². The molecule has 16 heteroatoms. The van der Waals surface area contributed by atoms with E-state index < -0.39 is 76.6 Å². The van der Waals surface area contributed by atoms with E-state index in [1.54, 1.807) is 0 Å². The molecule has 0 fully saturated rings. The number of hydrogen-bond acceptors (Lipinski definition) is 12. The van der Waals surface area contributed by atoms with Gasteiger partial charge in [-0.2, -0.15) is 0 Å². The Balaban J connectivity index is 2.22. The molecule has 0 bridgehead atoms. The number of phenols is 2. The van der Waals surface area contributed by atoms with Crippen LogP contribution < -0.4 is 0 Å². The molecule has 1 aliphatic heterocycles. The van der Waals surface area contributed by atoms with E-state index in [4.69, 9.17) is 4.74 Å². The van der Waals surface area contributed by atoms with Crippen LogP contribution in [-0.2, 0) is 10.3 Å². The lowest BCUT2D eigenvalue weighted by Crippen LogP contribution is -2.30. The van der Waals surface area contributed by atoms with Crippen LogP contribution in [0.3, 0.4) is 0 Å². The molecular weight excluding hydrogens is 488 g/mol. The number of aromatic hydroxyl groups is 2. The Morgan fingerprint density at radius 2 is 1.03 bits per heavy atom. The lowest BCUT2D eigenvalue weighted by molar-refractivity contribution is -0.396. The fourth-order valence-electron chi connectivity index (χ4n) is 3.98. The lowest BCUT2D eigenvalue weighted by atomic mass is 9.79. The summed E-state index contributed by atoms with van der Waals surface area (Å²) in [4.78, 5) is 54.4. The summed E-state index contributed by atoms with van der Waals surface area (Å²) in [6.45, 7) is 0. The second-order valence-corrected chi connectivity index (χ2v) is 7.37. The van der Waals surface area contributed by atoms with Crippen molar-refractivity contribution in [2.45, 2.75) is 5.60 Å². The minimum absolute atomic E-state index is 0.112. The van der Waals surface area contributed by atoms with Gasteiger partial charge >= 0.3 is 28.7 Å². The number of cyclic esters (lactones) is 1. The first-order chi connectivity index (χ1) is 16.9. The van der Waals surface area contributed by atoms with Crippen molar-refractivity contribution >= 4 is 28.7 Å². The number of nitrogens with zero attached hydrogens (tertiary/aromatic N) is 4. The van der Waals surface area contributed by atoms with Crippen molar-refractivity contribution in [1.82, 2.24) is 0 Å². The van der Waals surface area contributed by atoms with Crippen LogP contribution in [0.2, 0.25) is 0 Å². The highest BCUT2D eigenvalue weighted by atomic mass is 16.6. The van der Waals surface area contributed by atoms with Crippen LogP contribution in [0.4, 0.5) is 22.7 Å². The van der Waals surface area contributed by atoms with Gasteiger partial charge in [-0.1, -0.05) is 18.2 Å². The highest BCUT2D eigenvalue weighted by molar-refractivity contribution is 5.96. The highest BCUT2D eigenvalue weighted by Gasteiger charge is 2.52. The number of nitro groups is 4. The lowest BCUT2D eigenvalue weighted by Gasteiger charge is -2.29. The summed E-state index contributed by atoms with van der Waals surface area (Å²) in [5.41, 5.74) is -8.38. The second kappa shape index (κ2) is 7.97. The molecule has 1 heterocycles. The van der Waals surface area contributed by atoms with Crippen LogP contribution in [0, 0.1) is 40.5 Å². The number of esters is 1. The smallest absolute Gasteiger partial charge is 0.340 e. The van der Waals surface area contributed by atoms with E-state index in [0.29, 0.717) is 24.3 Å². The molecule has 3 aromatic carbocycles. The average Bonchev–Trinajstić information content (AvgIpc) is 3.12. The zero-order valence-corrected chi connectivity index (χ0v) is 17.4. The van der Waals surface area contributed by atoms with Gasteiger partial charge in [-0.15, -0.1) is 0 Å². The molecule has 0 aliphatic carbocycles. The van der Waals surface area contributed by atoms with Crippen LogP contribution in [0.5, 0.6) is 11.5 Å². The predicted octanol–water partition coefficient (Wildman–Crippen LogP) is 3.19. The van der Waals surface area contributed by atoms with Gasteiger partial charge in [0.15, 0.2) is 5.60 Å². The van der Waals surface area contributed by atoms with Crippen LogP contribution in [-0.4, -0.2) is 35.9 Å². The number of rotatable bonds is 6. The largest absolute Gasteiger partial charge is 0.497 e. The molecule has 0 radical (unpaired) electrons. The quantitative estimate of drug-likeness (QED) is 0.283. The monoisotopic (exact) mass is 498 g/mol. The third-order valence-electron chi connectivity index (χ3n) is 5.51. The van der Waals surface area contributed by atoms with Gasteiger partial charge in [0.2, 0.25) is 0 Å². The molecule has 0 aromatic heterocycles. The summed E-state index contributed by atoms with van der Waals surface area (Å²) in [5.74, 6) is -3.68. The van der Waals surface area contributed by atoms with Gasteiger partial charge < -0.3 is 14.9 Å². The minimum Gasteiger partial charge on any atom is -0.497 e. The Bertz CT molecular complexity index is 1380. The van der Waals surface area contributed by atoms with Gasteiger partial charge in [-0.25, -0.2) is 4.79 Å². The van der Waals surface area contributed by atoms with Gasteiger partial charge in [-0.3, -0.25) is 40.5 Å². The first kappa shape index (κ1) is 23.5. The average molecular weight is 498 g/mol. The molecule has 3 aromatic rings. The summed E-state index contributed by atoms with van der Waals surface area (Å²) < 4.78 is 5.52. The van der Waals surface area contributed by atoms with Crippen molar-refractivity contribution in [3.05, 3.63) is 111 Å². The van der Waals surface area contributed by atoms with E-state index in [1.165, 1.54) is 24.3 Å². The van der Waals surface area contributed by atoms with Crippen molar-refractivity contribution in [2.24, 2.45) is 0 Å². The summed E-state index contributed by atoms with van der Waals surface area (Å²) in [6, 6.07) is 7.91. The molecular formula is C20H10N4O12. The molecule has 1 aliphatic rings. The topological polar surface area (TPSA) is 239 Å². The number of carbonyl (C=O) groups excluding carboxylic acids is 1. The third-order valence-corrected chi connectivity index (χ3v) is 5.51. The summed E-state index contributed by atoms with van der Waals surface area (Å²) in [6.07, 6.45) is 0. The fourth-order valence-corrected chi connectivity index (χ4v) is 3.98. The molecule has 2 N–H and O–H groups in total. The van der Waals surface area contributed by atoms with Gasteiger partial charge in [0.1, 0.15) is 0 Å². The van der Waals surface area contributed by atoms with Crippen LogP contribution in [0.1, 0.15) is 27.0 Å². The van der Waals surface area contributed by atoms with Gasteiger partial charge in [-0.05, 0) is 6.07 Å². The first-order valence-corrected chi connectivity index (χ1v) is 9.55. The maximum Gasteiger partial charge on any atom is 0.340 e. The zero-order chi connectivity index (χ0) is 26.5. The number of ether oxygens (including phenoxy) is 1. The zero-order valence-electron chi connectivity index (χ0n) is 17.4. The molecule has 16 nitrogen and oxygen atoms in total. The number of phenolic OH excluding ortho intramolecular Hbond substituents is 2. The van der Waals surface area contributed by atoms with Crippen molar-refractivity contribution in [1.29, 1.82) is 0 Å². The van der Waals surface area contributed by atoms with Gasteiger partial charge in [0.05, 0.1) is 25.3 Å². The maximum atomic E-state index is 12.8. The van der Waals surface area contributed by atoms with Crippen LogP contribution >= 0.6 is 0 Å². The molecule has 0 spiro atoms. The minimum atomic E-state index is -2.42. The second-order valence-electron chi connectivity index (χ2n) is 7.37. The van der Waals surface area contributed by atoms with E-state index in [1.807, 2.05) is 0 Å². The number of fused-ring (bicyclic) bond motifs is 1. The van der Waals surface area contributed by atoms with Crippen molar-refractivity contribution in [2.75, 3.05) is 0 Å². The number of benzene rings is 3. The Morgan fingerprint density at radius 3 is 1.39 bits per heavy atom. The SMILES string of the molecule is O=C1OC(c2cc([N+](=O)[O-])c(O)c([N+](=O)[O-])c2)(c2cc([N+](=O)[O-])c(O)c([N+](=O)[O-])c2)c2ccccc21. The summed E-state index contributed by atoms with van der Waals surface area (Å²) in [7, 11) is 0. The molecule has 0 unspecified atom stereocenters. The van der Waals surface area contributed by atoms with Crippen molar-refractivity contribution < 1.29 is 39.4 Å². The molecule has 0 saturated heterocycles.